The summed E-state index contributed by atoms with van der Waals surface area (Å²) >= 11 is 0. The van der Waals surface area contributed by atoms with Crippen LogP contribution < -0.4 is 11.1 Å². The van der Waals surface area contributed by atoms with E-state index >= 15 is 0 Å². The summed E-state index contributed by atoms with van der Waals surface area (Å²) in [5.74, 6) is -0.992. The average Bonchev–Trinajstić information content (AvgIpc) is 3.03. The van der Waals surface area contributed by atoms with Gasteiger partial charge in [0.2, 0.25) is 11.8 Å². The van der Waals surface area contributed by atoms with E-state index in [1.54, 1.807) is 18.3 Å². The van der Waals surface area contributed by atoms with Gasteiger partial charge >= 0.3 is 0 Å². The molecule has 0 saturated carbocycles. The summed E-state index contributed by atoms with van der Waals surface area (Å²) < 4.78 is 0. The van der Waals surface area contributed by atoms with E-state index in [9.17, 15) is 9.59 Å². The molecule has 2 heterocycles. The summed E-state index contributed by atoms with van der Waals surface area (Å²) in [6.45, 7) is 0. The van der Waals surface area contributed by atoms with E-state index in [1.807, 2.05) is 36.4 Å². The van der Waals surface area contributed by atoms with Gasteiger partial charge in [-0.05, 0) is 23.8 Å². The maximum Gasteiger partial charge on any atom is 0.244 e. The predicted molar refractivity (Wildman–Crippen MR) is 94.2 cm³/mol. The second kappa shape index (κ2) is 7.39. The third kappa shape index (κ3) is 4.08. The number of nitrogens with one attached hydrogen (secondary N) is 2. The van der Waals surface area contributed by atoms with Crippen LogP contribution in [0.1, 0.15) is 11.3 Å². The second-order valence-electron chi connectivity index (χ2n) is 5.50. The van der Waals surface area contributed by atoms with Crippen LogP contribution in [0.4, 0.5) is 0 Å². The molecule has 3 rings (SSSR count). The number of hydrogen-bond donors (Lipinski definition) is 3. The smallest absolute Gasteiger partial charge is 0.244 e. The van der Waals surface area contributed by atoms with Crippen LogP contribution in [0.15, 0.2) is 54.7 Å². The van der Waals surface area contributed by atoms with Crippen molar-refractivity contribution in [1.82, 2.24) is 20.5 Å². The number of hydrogen-bond acceptors (Lipinski definition) is 4. The molecule has 3 aromatic rings. The molecule has 0 bridgehead atoms. The summed E-state index contributed by atoms with van der Waals surface area (Å²) in [5, 5.41) is 10.3. The Hall–Kier alpha value is -3.48. The molecule has 0 saturated heterocycles. The summed E-state index contributed by atoms with van der Waals surface area (Å²) in [5.41, 5.74) is 7.55. The highest BCUT2D eigenvalue weighted by atomic mass is 16.2. The van der Waals surface area contributed by atoms with E-state index in [4.69, 9.17) is 5.73 Å². The van der Waals surface area contributed by atoms with Crippen LogP contribution in [0, 0.1) is 0 Å². The van der Waals surface area contributed by atoms with Crippen LogP contribution >= 0.6 is 0 Å². The quantitative estimate of drug-likeness (QED) is 0.587. The van der Waals surface area contributed by atoms with E-state index in [0.29, 0.717) is 17.8 Å². The molecule has 0 spiro atoms. The summed E-state index contributed by atoms with van der Waals surface area (Å²) in [6.07, 6.45) is 4.91. The maximum atomic E-state index is 12.1. The molecule has 25 heavy (non-hydrogen) atoms. The van der Waals surface area contributed by atoms with Gasteiger partial charge in [-0.2, -0.15) is 5.10 Å². The van der Waals surface area contributed by atoms with Gasteiger partial charge in [0, 0.05) is 24.1 Å². The molecule has 1 aromatic carbocycles. The van der Waals surface area contributed by atoms with Crippen molar-refractivity contribution in [2.24, 2.45) is 5.73 Å². The molecule has 1 atom stereocenters. The largest absolute Gasteiger partial charge is 0.368 e. The second-order valence-corrected chi connectivity index (χ2v) is 5.50. The van der Waals surface area contributed by atoms with Crippen molar-refractivity contribution >= 4 is 28.9 Å². The van der Waals surface area contributed by atoms with E-state index < -0.39 is 17.9 Å². The number of H-pyrrole nitrogens is 1. The number of pyridine rings is 1. The van der Waals surface area contributed by atoms with Gasteiger partial charge in [-0.1, -0.05) is 30.3 Å². The first kappa shape index (κ1) is 16.4. The Morgan fingerprint density at radius 1 is 1.20 bits per heavy atom. The third-order valence-corrected chi connectivity index (χ3v) is 3.70. The molecule has 7 nitrogen and oxygen atoms in total. The lowest BCUT2D eigenvalue weighted by molar-refractivity contribution is -0.124. The minimum atomic E-state index is -0.778. The Kier molecular flexibility index (Phi) is 4.84. The Balaban J connectivity index is 1.68. The number of carbonyl (C=O) groups excluding carboxylic acids is 2. The van der Waals surface area contributed by atoms with Gasteiger partial charge in [-0.25, -0.2) is 4.98 Å². The topological polar surface area (TPSA) is 114 Å². The van der Waals surface area contributed by atoms with Crippen LogP contribution in [0.25, 0.3) is 17.1 Å². The van der Waals surface area contributed by atoms with Gasteiger partial charge in [-0.15, -0.1) is 0 Å². The Bertz CT molecular complexity index is 917. The summed E-state index contributed by atoms with van der Waals surface area (Å²) in [7, 11) is 0. The lowest BCUT2D eigenvalue weighted by Gasteiger charge is -2.14. The molecule has 0 aliphatic heterocycles. The first-order valence-corrected chi connectivity index (χ1v) is 7.74. The van der Waals surface area contributed by atoms with Crippen molar-refractivity contribution in [2.75, 3.05) is 0 Å². The number of carbonyl (C=O) groups is 2. The molecule has 0 radical (unpaired) electrons. The standard InChI is InChI=1S/C18H17N5O2/c19-17(25)15(11-12-5-2-1-3-6-12)21-16(24)9-8-14-13-7-4-10-20-18(13)23-22-14/h1-10,15H,11H2,(H2,19,25)(H,21,24)(H,20,22,23)/t15-/m0/s1. The first-order valence-electron chi connectivity index (χ1n) is 7.74. The van der Waals surface area contributed by atoms with Gasteiger partial charge in [0.25, 0.3) is 0 Å². The van der Waals surface area contributed by atoms with Crippen LogP contribution in [-0.4, -0.2) is 33.0 Å². The van der Waals surface area contributed by atoms with E-state index in [2.05, 4.69) is 20.5 Å². The summed E-state index contributed by atoms with van der Waals surface area (Å²) in [4.78, 5) is 27.8. The minimum absolute atomic E-state index is 0.340. The fraction of sp³-hybridized carbons (Fsp3) is 0.111. The molecule has 7 heteroatoms. The average molecular weight is 335 g/mol. The molecule has 0 aliphatic rings. The molecule has 0 fully saturated rings. The lowest BCUT2D eigenvalue weighted by Crippen LogP contribution is -2.45. The number of aromatic amines is 1. The Labute approximate surface area is 143 Å². The fourth-order valence-corrected chi connectivity index (χ4v) is 2.45. The number of primary amides is 1. The van der Waals surface area contributed by atoms with Crippen LogP contribution in [0.3, 0.4) is 0 Å². The maximum absolute atomic E-state index is 12.1. The molecular weight excluding hydrogens is 318 g/mol. The minimum Gasteiger partial charge on any atom is -0.368 e. The highest BCUT2D eigenvalue weighted by molar-refractivity contribution is 5.97. The number of fused-ring (bicyclic) bond motifs is 1. The SMILES string of the molecule is NC(=O)[C@H](Cc1ccccc1)NC(=O)C=Cc1[nH]nc2ncccc12. The molecule has 0 aliphatic carbocycles. The molecular formula is C18H17N5O2. The van der Waals surface area contributed by atoms with Crippen molar-refractivity contribution in [3.05, 3.63) is 66.0 Å². The van der Waals surface area contributed by atoms with E-state index in [-0.39, 0.29) is 0 Å². The molecule has 126 valence electrons. The normalized spacial score (nSPS) is 12.3. The lowest BCUT2D eigenvalue weighted by atomic mass is 10.1. The molecule has 2 amide bonds. The highest BCUT2D eigenvalue weighted by Gasteiger charge is 2.17. The van der Waals surface area contributed by atoms with E-state index in [0.717, 1.165) is 10.9 Å². The van der Waals surface area contributed by atoms with Crippen LogP contribution in [-0.2, 0) is 16.0 Å². The molecule has 0 unspecified atom stereocenters. The zero-order chi connectivity index (χ0) is 17.6. The highest BCUT2D eigenvalue weighted by Crippen LogP contribution is 2.13. The number of nitrogens with two attached hydrogens (primary N) is 1. The Morgan fingerprint density at radius 3 is 2.76 bits per heavy atom. The molecule has 4 N–H and O–H groups in total. The number of amides is 2. The predicted octanol–water partition coefficient (Wildman–Crippen LogP) is 1.18. The van der Waals surface area contributed by atoms with Crippen LogP contribution in [0.2, 0.25) is 0 Å². The third-order valence-electron chi connectivity index (χ3n) is 3.70. The molecule has 2 aromatic heterocycles. The van der Waals surface area contributed by atoms with Crippen LogP contribution in [0.5, 0.6) is 0 Å². The van der Waals surface area contributed by atoms with Gasteiger partial charge in [-0.3, -0.25) is 14.7 Å². The monoisotopic (exact) mass is 335 g/mol. The zero-order valence-electron chi connectivity index (χ0n) is 13.3. The first-order chi connectivity index (χ1) is 12.1. The number of benzene rings is 1. The summed E-state index contributed by atoms with van der Waals surface area (Å²) in [6, 6.07) is 12.2. The van der Waals surface area contributed by atoms with Crippen molar-refractivity contribution in [3.8, 4) is 0 Å². The number of aromatic nitrogens is 3. The Morgan fingerprint density at radius 2 is 2.00 bits per heavy atom. The van der Waals surface area contributed by atoms with Crippen molar-refractivity contribution in [2.45, 2.75) is 12.5 Å². The van der Waals surface area contributed by atoms with E-state index in [1.165, 1.54) is 6.08 Å². The number of rotatable bonds is 6. The van der Waals surface area contributed by atoms with Gasteiger partial charge in [0.15, 0.2) is 5.65 Å². The van der Waals surface area contributed by atoms with Gasteiger partial charge < -0.3 is 11.1 Å². The van der Waals surface area contributed by atoms with Gasteiger partial charge in [0.1, 0.15) is 6.04 Å². The van der Waals surface area contributed by atoms with Crippen molar-refractivity contribution in [1.29, 1.82) is 0 Å². The zero-order valence-corrected chi connectivity index (χ0v) is 13.3. The van der Waals surface area contributed by atoms with Crippen molar-refractivity contribution < 1.29 is 9.59 Å². The number of nitrogens with zero attached hydrogens (tertiary/aromatic N) is 2. The van der Waals surface area contributed by atoms with Crippen molar-refractivity contribution in [3.63, 3.8) is 0 Å². The fourth-order valence-electron chi connectivity index (χ4n) is 2.45. The van der Waals surface area contributed by atoms with Gasteiger partial charge in [0.05, 0.1) is 5.69 Å².